The van der Waals surface area contributed by atoms with Crippen molar-refractivity contribution in [2.24, 2.45) is 0 Å². The topological polar surface area (TPSA) is 81.0 Å². The zero-order valence-corrected chi connectivity index (χ0v) is 14.4. The van der Waals surface area contributed by atoms with E-state index in [0.717, 1.165) is 20.7 Å². The first-order valence-corrected chi connectivity index (χ1v) is 8.94. The molecular weight excluding hydrogens is 344 g/mol. The highest BCUT2D eigenvalue weighted by Gasteiger charge is 2.09. The fourth-order valence-corrected chi connectivity index (χ4v) is 3.78. The molecule has 0 saturated heterocycles. The van der Waals surface area contributed by atoms with Crippen LogP contribution in [-0.2, 0) is 5.75 Å². The molecule has 1 aromatic heterocycles. The van der Waals surface area contributed by atoms with Gasteiger partial charge in [-0.3, -0.25) is 10.1 Å². The molecule has 0 bridgehead atoms. The molecule has 1 heterocycles. The average molecular weight is 358 g/mol. The summed E-state index contributed by atoms with van der Waals surface area (Å²) in [6.07, 6.45) is 0. The molecule has 0 spiro atoms. The Hall–Kier alpha value is -2.45. The third-order valence-corrected chi connectivity index (χ3v) is 5.20. The van der Waals surface area contributed by atoms with Gasteiger partial charge in [-0.1, -0.05) is 47.4 Å². The largest absolute Gasteiger partial charge is 0.330 e. The van der Waals surface area contributed by atoms with Gasteiger partial charge in [-0.25, -0.2) is 0 Å². The van der Waals surface area contributed by atoms with Crippen molar-refractivity contribution in [2.45, 2.75) is 17.0 Å². The Bertz CT molecular complexity index is 867. The first kappa shape index (κ1) is 16.4. The van der Waals surface area contributed by atoms with E-state index in [1.54, 1.807) is 12.1 Å². The van der Waals surface area contributed by atoms with E-state index in [1.807, 2.05) is 37.3 Å². The molecule has 0 unspecified atom stereocenters. The summed E-state index contributed by atoms with van der Waals surface area (Å²) in [6, 6.07) is 14.7. The number of nitro groups is 1. The molecule has 0 amide bonds. The number of rotatable bonds is 6. The summed E-state index contributed by atoms with van der Waals surface area (Å²) in [4.78, 5) is 10.4. The smallest absolute Gasteiger partial charge is 0.269 e. The Morgan fingerprint density at radius 3 is 2.83 bits per heavy atom. The minimum atomic E-state index is -0.386. The number of benzene rings is 2. The second-order valence-corrected chi connectivity index (χ2v) is 7.28. The van der Waals surface area contributed by atoms with Crippen LogP contribution in [0.25, 0.3) is 0 Å². The monoisotopic (exact) mass is 358 g/mol. The van der Waals surface area contributed by atoms with Crippen LogP contribution in [0.3, 0.4) is 0 Å². The van der Waals surface area contributed by atoms with Crippen LogP contribution < -0.4 is 5.32 Å². The van der Waals surface area contributed by atoms with E-state index in [9.17, 15) is 10.1 Å². The lowest BCUT2D eigenvalue weighted by Gasteiger charge is -2.02. The van der Waals surface area contributed by atoms with Crippen LogP contribution in [0.1, 0.15) is 11.1 Å². The Balaban J connectivity index is 1.62. The molecule has 1 N–H and O–H groups in total. The van der Waals surface area contributed by atoms with Crippen molar-refractivity contribution in [1.82, 2.24) is 10.2 Å². The second kappa shape index (κ2) is 7.41. The summed E-state index contributed by atoms with van der Waals surface area (Å²) >= 11 is 2.97. The maximum atomic E-state index is 10.8. The summed E-state index contributed by atoms with van der Waals surface area (Å²) in [5, 5.41) is 23.0. The minimum absolute atomic E-state index is 0.104. The Kier molecular flexibility index (Phi) is 5.07. The number of nitro benzene ring substituents is 1. The van der Waals surface area contributed by atoms with Gasteiger partial charge in [0.25, 0.3) is 5.69 Å². The van der Waals surface area contributed by atoms with Gasteiger partial charge in [0.2, 0.25) is 5.13 Å². The standard InChI is InChI=1S/C16H14N4O2S2/c1-11-4-2-6-13(8-11)17-15-18-19-16(24-15)23-10-12-5-3-7-14(9-12)20(21)22/h2-9H,10H2,1H3,(H,17,18). The van der Waals surface area contributed by atoms with Crippen LogP contribution in [0.15, 0.2) is 52.9 Å². The van der Waals surface area contributed by atoms with Crippen LogP contribution in [0.5, 0.6) is 0 Å². The Morgan fingerprint density at radius 2 is 2.04 bits per heavy atom. The quantitative estimate of drug-likeness (QED) is 0.387. The van der Waals surface area contributed by atoms with Gasteiger partial charge in [-0.05, 0) is 30.2 Å². The molecule has 8 heteroatoms. The lowest BCUT2D eigenvalue weighted by atomic mass is 10.2. The van der Waals surface area contributed by atoms with Gasteiger partial charge in [0.15, 0.2) is 4.34 Å². The predicted molar refractivity (Wildman–Crippen MR) is 97.0 cm³/mol. The van der Waals surface area contributed by atoms with Gasteiger partial charge in [-0.15, -0.1) is 10.2 Å². The van der Waals surface area contributed by atoms with Crippen LogP contribution >= 0.6 is 23.1 Å². The molecule has 0 aliphatic heterocycles. The highest BCUT2D eigenvalue weighted by atomic mass is 32.2. The van der Waals surface area contributed by atoms with Gasteiger partial charge in [0.1, 0.15) is 0 Å². The van der Waals surface area contributed by atoms with E-state index in [2.05, 4.69) is 15.5 Å². The van der Waals surface area contributed by atoms with Crippen LogP contribution in [0, 0.1) is 17.0 Å². The number of aromatic nitrogens is 2. The lowest BCUT2D eigenvalue weighted by molar-refractivity contribution is -0.384. The molecule has 0 fully saturated rings. The van der Waals surface area contributed by atoms with Crippen LogP contribution in [0.2, 0.25) is 0 Å². The van der Waals surface area contributed by atoms with Crippen molar-refractivity contribution < 1.29 is 4.92 Å². The zero-order chi connectivity index (χ0) is 16.9. The maximum absolute atomic E-state index is 10.8. The number of aryl methyl sites for hydroxylation is 1. The van der Waals surface area contributed by atoms with Crippen molar-refractivity contribution in [3.8, 4) is 0 Å². The molecule has 6 nitrogen and oxygen atoms in total. The van der Waals surface area contributed by atoms with E-state index < -0.39 is 0 Å². The first-order valence-electron chi connectivity index (χ1n) is 7.13. The normalized spacial score (nSPS) is 10.5. The van der Waals surface area contributed by atoms with E-state index in [4.69, 9.17) is 0 Å². The molecule has 0 aliphatic carbocycles. The molecule has 3 rings (SSSR count). The van der Waals surface area contributed by atoms with Gasteiger partial charge in [-0.2, -0.15) is 0 Å². The number of anilines is 2. The Labute approximate surface area is 147 Å². The van der Waals surface area contributed by atoms with Gasteiger partial charge < -0.3 is 5.32 Å². The molecule has 0 aliphatic rings. The van der Waals surface area contributed by atoms with E-state index in [1.165, 1.54) is 34.7 Å². The van der Waals surface area contributed by atoms with Crippen molar-refractivity contribution in [2.75, 3.05) is 5.32 Å². The third kappa shape index (κ3) is 4.30. The summed E-state index contributed by atoms with van der Waals surface area (Å²) < 4.78 is 0.816. The second-order valence-electron chi connectivity index (χ2n) is 5.08. The Morgan fingerprint density at radius 1 is 1.21 bits per heavy atom. The number of non-ortho nitro benzene ring substituents is 1. The van der Waals surface area contributed by atoms with Crippen LogP contribution in [0.4, 0.5) is 16.5 Å². The molecule has 0 radical (unpaired) electrons. The minimum Gasteiger partial charge on any atom is -0.330 e. The van der Waals surface area contributed by atoms with Crippen molar-refractivity contribution >= 4 is 39.6 Å². The van der Waals surface area contributed by atoms with Crippen molar-refractivity contribution in [3.63, 3.8) is 0 Å². The highest BCUT2D eigenvalue weighted by Crippen LogP contribution is 2.30. The number of thioether (sulfide) groups is 1. The molecule has 3 aromatic rings. The van der Waals surface area contributed by atoms with Crippen molar-refractivity contribution in [1.29, 1.82) is 0 Å². The number of hydrogen-bond acceptors (Lipinski definition) is 7. The van der Waals surface area contributed by atoms with E-state index in [-0.39, 0.29) is 10.6 Å². The fourth-order valence-electron chi connectivity index (χ4n) is 2.07. The van der Waals surface area contributed by atoms with E-state index in [0.29, 0.717) is 5.75 Å². The fraction of sp³-hybridized carbons (Fsp3) is 0.125. The zero-order valence-electron chi connectivity index (χ0n) is 12.8. The third-order valence-electron chi connectivity index (χ3n) is 3.16. The van der Waals surface area contributed by atoms with Gasteiger partial charge >= 0.3 is 0 Å². The molecule has 2 aromatic carbocycles. The van der Waals surface area contributed by atoms with E-state index >= 15 is 0 Å². The molecule has 122 valence electrons. The molecule has 24 heavy (non-hydrogen) atoms. The van der Waals surface area contributed by atoms with Gasteiger partial charge in [0, 0.05) is 23.6 Å². The van der Waals surface area contributed by atoms with Crippen molar-refractivity contribution in [3.05, 3.63) is 69.8 Å². The SMILES string of the molecule is Cc1cccc(Nc2nnc(SCc3cccc([N+](=O)[O-])c3)s2)c1. The lowest BCUT2D eigenvalue weighted by Crippen LogP contribution is -1.89. The number of hydrogen-bond donors (Lipinski definition) is 1. The summed E-state index contributed by atoms with van der Waals surface area (Å²) in [5.74, 6) is 0.612. The summed E-state index contributed by atoms with van der Waals surface area (Å²) in [7, 11) is 0. The summed E-state index contributed by atoms with van der Waals surface area (Å²) in [6.45, 7) is 2.03. The van der Waals surface area contributed by atoms with Gasteiger partial charge in [0.05, 0.1) is 4.92 Å². The molecule has 0 saturated carbocycles. The predicted octanol–water partition coefficient (Wildman–Crippen LogP) is 4.79. The number of nitrogens with zero attached hydrogens (tertiary/aromatic N) is 3. The highest BCUT2D eigenvalue weighted by molar-refractivity contribution is 8.00. The average Bonchev–Trinajstić information content (AvgIpc) is 3.01. The van der Waals surface area contributed by atoms with Crippen LogP contribution in [-0.4, -0.2) is 15.1 Å². The maximum Gasteiger partial charge on any atom is 0.269 e. The number of nitrogens with one attached hydrogen (secondary N) is 1. The first-order chi connectivity index (χ1) is 11.6. The summed E-state index contributed by atoms with van der Waals surface area (Å²) in [5.41, 5.74) is 3.14. The molecule has 0 atom stereocenters. The molecular formula is C16H14N4O2S2.